The van der Waals surface area contributed by atoms with Crippen molar-refractivity contribution in [2.45, 2.75) is 458 Å². The van der Waals surface area contributed by atoms with Gasteiger partial charge in [-0.15, -0.1) is 0 Å². The smallest absolute Gasteiger partial charge is 0.462 e. The van der Waals surface area contributed by atoms with Crippen LogP contribution in [-0.2, 0) is 65.4 Å². The Bertz CT molecular complexity index is 1960. The van der Waals surface area contributed by atoms with Crippen LogP contribution >= 0.6 is 15.6 Å². The van der Waals surface area contributed by atoms with Gasteiger partial charge < -0.3 is 33.8 Å². The molecule has 0 spiro atoms. The number of aliphatic hydroxyl groups excluding tert-OH is 1. The van der Waals surface area contributed by atoms with Crippen molar-refractivity contribution in [3.05, 3.63) is 0 Å². The Morgan fingerprint density at radius 2 is 0.451 bits per heavy atom. The molecule has 0 saturated carbocycles. The van der Waals surface area contributed by atoms with Gasteiger partial charge in [0.15, 0.2) is 12.2 Å². The Kier molecular flexibility index (Phi) is 73.1. The van der Waals surface area contributed by atoms with E-state index in [1.54, 1.807) is 0 Å². The van der Waals surface area contributed by atoms with Crippen LogP contribution in [-0.4, -0.2) is 96.7 Å². The third-order valence-corrected chi connectivity index (χ3v) is 21.4. The van der Waals surface area contributed by atoms with Crippen molar-refractivity contribution >= 4 is 39.5 Å². The van der Waals surface area contributed by atoms with Gasteiger partial charge >= 0.3 is 39.5 Å². The van der Waals surface area contributed by atoms with E-state index in [-0.39, 0.29) is 25.7 Å². The predicted octanol–water partition coefficient (Wildman–Crippen LogP) is 25.1. The van der Waals surface area contributed by atoms with Gasteiger partial charge in [0.2, 0.25) is 0 Å². The maximum atomic E-state index is 13.1. The number of carbonyl (C=O) groups excluding carboxylic acids is 4. The monoisotopic (exact) mass is 1490 g/mol. The Morgan fingerprint density at radius 1 is 0.265 bits per heavy atom. The van der Waals surface area contributed by atoms with E-state index in [1.165, 1.54) is 257 Å². The van der Waals surface area contributed by atoms with E-state index in [0.29, 0.717) is 25.7 Å². The number of hydrogen-bond donors (Lipinski definition) is 3. The van der Waals surface area contributed by atoms with Gasteiger partial charge in [-0.25, -0.2) is 9.13 Å². The Balaban J connectivity index is 5.23. The van der Waals surface area contributed by atoms with E-state index in [1.807, 2.05) is 0 Å². The van der Waals surface area contributed by atoms with Crippen LogP contribution in [0.5, 0.6) is 0 Å². The molecule has 19 heteroatoms. The first-order valence-corrected chi connectivity index (χ1v) is 46.0. The number of phosphoric ester groups is 2. The number of ether oxygens (including phenoxy) is 4. The van der Waals surface area contributed by atoms with Crippen molar-refractivity contribution in [2.24, 2.45) is 11.8 Å². The third kappa shape index (κ3) is 76.3. The van der Waals surface area contributed by atoms with E-state index in [9.17, 15) is 43.2 Å². The predicted molar refractivity (Wildman–Crippen MR) is 418 cm³/mol. The van der Waals surface area contributed by atoms with E-state index in [2.05, 4.69) is 41.5 Å². The first kappa shape index (κ1) is 100. The lowest BCUT2D eigenvalue weighted by Crippen LogP contribution is -2.30. The van der Waals surface area contributed by atoms with Gasteiger partial charge in [-0.3, -0.25) is 37.3 Å². The molecule has 102 heavy (non-hydrogen) atoms. The van der Waals surface area contributed by atoms with Crippen molar-refractivity contribution < 1.29 is 80.2 Å². The summed E-state index contributed by atoms with van der Waals surface area (Å²) in [7, 11) is -9.92. The molecule has 0 heterocycles. The van der Waals surface area contributed by atoms with E-state index < -0.39 is 97.5 Å². The maximum absolute atomic E-state index is 13.1. The molecule has 5 atom stereocenters. The number of unbranched alkanes of at least 4 members (excludes halogenated alkanes) is 52. The highest BCUT2D eigenvalue weighted by Crippen LogP contribution is 2.45. The molecule has 606 valence electrons. The lowest BCUT2D eigenvalue weighted by atomic mass is 10.0. The number of aliphatic hydroxyl groups is 1. The van der Waals surface area contributed by atoms with Crippen molar-refractivity contribution in [1.82, 2.24) is 0 Å². The fourth-order valence-electron chi connectivity index (χ4n) is 12.9. The van der Waals surface area contributed by atoms with Gasteiger partial charge in [0.05, 0.1) is 26.4 Å². The third-order valence-electron chi connectivity index (χ3n) is 19.5. The lowest BCUT2D eigenvalue weighted by molar-refractivity contribution is -0.161. The quantitative estimate of drug-likeness (QED) is 0.0222. The number of phosphoric acid groups is 2. The van der Waals surface area contributed by atoms with Crippen LogP contribution < -0.4 is 0 Å². The number of carbonyl (C=O) groups is 4. The Hall–Kier alpha value is -1.94. The average molecular weight is 1490 g/mol. The molecule has 0 saturated heterocycles. The first-order chi connectivity index (χ1) is 49.4. The topological polar surface area (TPSA) is 237 Å². The molecule has 0 fully saturated rings. The summed E-state index contributed by atoms with van der Waals surface area (Å²) in [6.45, 7) is 9.67. The zero-order valence-corrected chi connectivity index (χ0v) is 68.7. The molecule has 0 radical (unpaired) electrons. The molecule has 2 unspecified atom stereocenters. The van der Waals surface area contributed by atoms with E-state index in [0.717, 1.165) is 102 Å². The minimum absolute atomic E-state index is 0.107. The first-order valence-electron chi connectivity index (χ1n) is 43.0. The van der Waals surface area contributed by atoms with Gasteiger partial charge in [-0.1, -0.05) is 388 Å². The summed E-state index contributed by atoms with van der Waals surface area (Å²) in [5, 5.41) is 10.7. The van der Waals surface area contributed by atoms with Gasteiger partial charge in [-0.05, 0) is 37.5 Å². The van der Waals surface area contributed by atoms with Crippen molar-refractivity contribution in [3.8, 4) is 0 Å². The van der Waals surface area contributed by atoms with Gasteiger partial charge in [0.1, 0.15) is 19.3 Å². The molecule has 3 N–H and O–H groups in total. The van der Waals surface area contributed by atoms with Crippen LogP contribution in [0.15, 0.2) is 0 Å². The molecule has 0 aromatic heterocycles. The SMILES string of the molecule is CCCCCCCCCCCCCCCCCCCCCCCC(=O)O[C@H](COC(=O)CCCCCCCCCCCCCCC(C)C)COP(=O)(O)OC[C@@H](O)COP(=O)(O)OC[C@@H](COC(=O)CCCCCCCCCCCCC)OC(=O)CCCCCCCCCCCCCCC(C)C. The molecule has 0 aromatic rings. The van der Waals surface area contributed by atoms with Crippen molar-refractivity contribution in [1.29, 1.82) is 0 Å². The fraction of sp³-hybridized carbons (Fsp3) is 0.952. The van der Waals surface area contributed by atoms with E-state index >= 15 is 0 Å². The van der Waals surface area contributed by atoms with Crippen LogP contribution in [0.3, 0.4) is 0 Å². The largest absolute Gasteiger partial charge is 0.472 e. The fourth-order valence-corrected chi connectivity index (χ4v) is 14.5. The molecule has 0 aliphatic rings. The lowest BCUT2D eigenvalue weighted by Gasteiger charge is -2.21. The molecule has 0 aromatic carbocycles. The second-order valence-corrected chi connectivity index (χ2v) is 33.7. The van der Waals surface area contributed by atoms with Crippen molar-refractivity contribution in [3.63, 3.8) is 0 Å². The zero-order valence-electron chi connectivity index (χ0n) is 66.9. The van der Waals surface area contributed by atoms with Gasteiger partial charge in [0, 0.05) is 25.7 Å². The molecule has 0 aliphatic heterocycles. The van der Waals surface area contributed by atoms with Crippen LogP contribution in [0.1, 0.15) is 440 Å². The van der Waals surface area contributed by atoms with Gasteiger partial charge in [-0.2, -0.15) is 0 Å². The summed E-state index contributed by atoms with van der Waals surface area (Å²) in [6.07, 6.45) is 65.2. The zero-order chi connectivity index (χ0) is 74.9. The summed E-state index contributed by atoms with van der Waals surface area (Å²) in [4.78, 5) is 73.1. The van der Waals surface area contributed by atoms with Gasteiger partial charge in [0.25, 0.3) is 0 Å². The highest BCUT2D eigenvalue weighted by Gasteiger charge is 2.30. The number of hydrogen-bond acceptors (Lipinski definition) is 15. The molecular formula is C83H162O17P2. The molecular weight excluding hydrogens is 1330 g/mol. The number of esters is 4. The number of rotatable bonds is 82. The average Bonchev–Trinajstić information content (AvgIpc) is 0.997. The minimum Gasteiger partial charge on any atom is -0.462 e. The highest BCUT2D eigenvalue weighted by molar-refractivity contribution is 7.47. The van der Waals surface area contributed by atoms with Crippen LogP contribution in [0.25, 0.3) is 0 Å². The molecule has 0 bridgehead atoms. The highest BCUT2D eigenvalue weighted by atomic mass is 31.2. The summed E-state index contributed by atoms with van der Waals surface area (Å²) < 4.78 is 68.8. The molecule has 0 rings (SSSR count). The molecule has 0 aliphatic carbocycles. The maximum Gasteiger partial charge on any atom is 0.472 e. The summed E-state index contributed by atoms with van der Waals surface area (Å²) in [6, 6.07) is 0. The van der Waals surface area contributed by atoms with Crippen LogP contribution in [0.4, 0.5) is 0 Å². The molecule has 0 amide bonds. The molecule has 17 nitrogen and oxygen atoms in total. The van der Waals surface area contributed by atoms with Crippen LogP contribution in [0, 0.1) is 11.8 Å². The van der Waals surface area contributed by atoms with E-state index in [4.69, 9.17) is 37.0 Å². The Labute approximate surface area is 626 Å². The van der Waals surface area contributed by atoms with Crippen molar-refractivity contribution in [2.75, 3.05) is 39.6 Å². The Morgan fingerprint density at radius 3 is 0.667 bits per heavy atom. The second-order valence-electron chi connectivity index (χ2n) is 30.8. The normalized spacial score (nSPS) is 13.9. The minimum atomic E-state index is -4.96. The summed E-state index contributed by atoms with van der Waals surface area (Å²) in [5.74, 6) is -0.547. The van der Waals surface area contributed by atoms with Crippen LogP contribution in [0.2, 0.25) is 0 Å². The summed E-state index contributed by atoms with van der Waals surface area (Å²) >= 11 is 0. The standard InChI is InChI=1S/C83H162O17P2/c1-7-9-11-13-15-17-19-20-21-22-23-24-25-26-27-28-37-43-49-55-61-67-82(87)99-79(72-94-81(86)66-60-54-48-42-36-31-29-34-39-45-51-57-63-75(3)4)74-98-102(91,92)96-70-77(84)69-95-101(89,90)97-73-78(71-93-80(85)65-59-53-47-41-33-18-16-14-12-10-8-2)100-83(88)68-62-56-50-44-38-32-30-35-40-46-52-58-64-76(5)6/h75-79,84H,7-74H2,1-6H3,(H,89,90)(H,91,92)/t77-,78+,79+/m0/s1. The second kappa shape index (κ2) is 74.5. The summed E-state index contributed by atoms with van der Waals surface area (Å²) in [5.41, 5.74) is 0.